The molecule has 0 radical (unpaired) electrons. The van der Waals surface area contributed by atoms with E-state index < -0.39 is 0 Å². The SMILES string of the molecule is CCNC(CO)c1ccc(C)c(Br)c1. The smallest absolute Gasteiger partial charge is 0.0626 e. The van der Waals surface area contributed by atoms with Crippen LogP contribution in [-0.2, 0) is 0 Å². The van der Waals surface area contributed by atoms with Gasteiger partial charge >= 0.3 is 0 Å². The molecule has 0 amide bonds. The maximum absolute atomic E-state index is 9.19. The van der Waals surface area contributed by atoms with E-state index in [0.29, 0.717) is 0 Å². The Balaban J connectivity index is 2.88. The summed E-state index contributed by atoms with van der Waals surface area (Å²) in [5.41, 5.74) is 2.33. The molecule has 14 heavy (non-hydrogen) atoms. The van der Waals surface area contributed by atoms with Gasteiger partial charge in [0.15, 0.2) is 0 Å². The molecule has 2 N–H and O–H groups in total. The second-order valence-electron chi connectivity index (χ2n) is 3.30. The van der Waals surface area contributed by atoms with Gasteiger partial charge in [-0.25, -0.2) is 0 Å². The summed E-state index contributed by atoms with van der Waals surface area (Å²) in [6, 6.07) is 6.19. The summed E-state index contributed by atoms with van der Waals surface area (Å²) >= 11 is 3.49. The first-order valence-electron chi connectivity index (χ1n) is 4.79. The Morgan fingerprint density at radius 3 is 2.71 bits per heavy atom. The summed E-state index contributed by atoms with van der Waals surface area (Å²) in [4.78, 5) is 0. The Morgan fingerprint density at radius 2 is 2.21 bits per heavy atom. The lowest BCUT2D eigenvalue weighted by molar-refractivity contribution is 0.246. The van der Waals surface area contributed by atoms with Crippen molar-refractivity contribution in [2.24, 2.45) is 0 Å². The Morgan fingerprint density at radius 1 is 1.50 bits per heavy atom. The molecule has 2 nitrogen and oxygen atoms in total. The van der Waals surface area contributed by atoms with Crippen molar-refractivity contribution in [1.29, 1.82) is 0 Å². The molecule has 78 valence electrons. The molecule has 1 rings (SSSR count). The van der Waals surface area contributed by atoms with E-state index in [1.165, 1.54) is 5.56 Å². The van der Waals surface area contributed by atoms with Crippen LogP contribution in [0.2, 0.25) is 0 Å². The van der Waals surface area contributed by atoms with Crippen LogP contribution in [-0.4, -0.2) is 18.3 Å². The number of likely N-dealkylation sites (N-methyl/N-ethyl adjacent to an activating group) is 1. The highest BCUT2D eigenvalue weighted by Gasteiger charge is 2.09. The van der Waals surface area contributed by atoms with E-state index in [-0.39, 0.29) is 12.6 Å². The highest BCUT2D eigenvalue weighted by atomic mass is 79.9. The van der Waals surface area contributed by atoms with Crippen LogP contribution in [0.25, 0.3) is 0 Å². The lowest BCUT2D eigenvalue weighted by Crippen LogP contribution is -2.23. The summed E-state index contributed by atoms with van der Waals surface area (Å²) in [6.45, 7) is 5.07. The predicted octanol–water partition coefficient (Wildman–Crippen LogP) is 2.40. The maximum Gasteiger partial charge on any atom is 0.0626 e. The number of nitrogens with one attached hydrogen (secondary N) is 1. The molecular formula is C11H16BrNO. The fourth-order valence-corrected chi connectivity index (χ4v) is 1.76. The molecule has 0 aliphatic rings. The first-order chi connectivity index (χ1) is 6.69. The summed E-state index contributed by atoms with van der Waals surface area (Å²) < 4.78 is 1.09. The fourth-order valence-electron chi connectivity index (χ4n) is 1.36. The van der Waals surface area contributed by atoms with Crippen LogP contribution in [0.3, 0.4) is 0 Å². The second kappa shape index (κ2) is 5.49. The predicted molar refractivity (Wildman–Crippen MR) is 62.4 cm³/mol. The summed E-state index contributed by atoms with van der Waals surface area (Å²) in [5.74, 6) is 0. The van der Waals surface area contributed by atoms with Crippen molar-refractivity contribution >= 4 is 15.9 Å². The second-order valence-corrected chi connectivity index (χ2v) is 4.16. The van der Waals surface area contributed by atoms with Crippen LogP contribution < -0.4 is 5.32 Å². The molecule has 1 aromatic carbocycles. The minimum atomic E-state index is 0.0388. The number of rotatable bonds is 4. The molecule has 0 heterocycles. The molecule has 0 bridgehead atoms. The molecule has 1 aromatic rings. The number of aliphatic hydroxyl groups is 1. The molecule has 1 unspecified atom stereocenters. The zero-order chi connectivity index (χ0) is 10.6. The van der Waals surface area contributed by atoms with Crippen molar-refractivity contribution in [3.63, 3.8) is 0 Å². The minimum absolute atomic E-state index is 0.0388. The zero-order valence-electron chi connectivity index (χ0n) is 8.55. The van der Waals surface area contributed by atoms with Crippen LogP contribution in [0.1, 0.15) is 24.1 Å². The summed E-state index contributed by atoms with van der Waals surface area (Å²) in [6.07, 6.45) is 0. The molecule has 0 fully saturated rings. The lowest BCUT2D eigenvalue weighted by atomic mass is 10.1. The number of halogens is 1. The van der Waals surface area contributed by atoms with Gasteiger partial charge in [0.2, 0.25) is 0 Å². The van der Waals surface area contributed by atoms with Gasteiger partial charge in [-0.05, 0) is 30.7 Å². The fraction of sp³-hybridized carbons (Fsp3) is 0.455. The molecular weight excluding hydrogens is 242 g/mol. The van der Waals surface area contributed by atoms with Crippen molar-refractivity contribution in [3.05, 3.63) is 33.8 Å². The maximum atomic E-state index is 9.19. The van der Waals surface area contributed by atoms with Crippen LogP contribution in [0.4, 0.5) is 0 Å². The van der Waals surface area contributed by atoms with E-state index in [2.05, 4.69) is 40.3 Å². The molecule has 0 saturated carbocycles. The number of aliphatic hydroxyl groups excluding tert-OH is 1. The van der Waals surface area contributed by atoms with Crippen LogP contribution in [0.5, 0.6) is 0 Å². The molecule has 0 aromatic heterocycles. The van der Waals surface area contributed by atoms with Crippen molar-refractivity contribution in [2.45, 2.75) is 19.9 Å². The van der Waals surface area contributed by atoms with Crippen LogP contribution in [0.15, 0.2) is 22.7 Å². The first kappa shape index (κ1) is 11.7. The van der Waals surface area contributed by atoms with Crippen molar-refractivity contribution < 1.29 is 5.11 Å². The van der Waals surface area contributed by atoms with Gasteiger partial charge in [-0.2, -0.15) is 0 Å². The van der Waals surface area contributed by atoms with E-state index in [4.69, 9.17) is 0 Å². The van der Waals surface area contributed by atoms with Crippen LogP contribution >= 0.6 is 15.9 Å². The standard InChI is InChI=1S/C11H16BrNO/c1-3-13-11(7-14)9-5-4-8(2)10(12)6-9/h4-6,11,13-14H,3,7H2,1-2H3. The molecule has 0 aliphatic heterocycles. The van der Waals surface area contributed by atoms with E-state index in [1.807, 2.05) is 13.0 Å². The van der Waals surface area contributed by atoms with Gasteiger partial charge < -0.3 is 10.4 Å². The number of aryl methyl sites for hydroxylation is 1. The van der Waals surface area contributed by atoms with Gasteiger partial charge in [0.1, 0.15) is 0 Å². The molecule has 0 aliphatic carbocycles. The molecule has 1 atom stereocenters. The van der Waals surface area contributed by atoms with Gasteiger partial charge in [0.05, 0.1) is 12.6 Å². The quantitative estimate of drug-likeness (QED) is 0.869. The van der Waals surface area contributed by atoms with E-state index in [9.17, 15) is 5.11 Å². The summed E-state index contributed by atoms with van der Waals surface area (Å²) in [5, 5.41) is 12.4. The van der Waals surface area contributed by atoms with Crippen LogP contribution in [0, 0.1) is 6.92 Å². The normalized spacial score (nSPS) is 12.9. The minimum Gasteiger partial charge on any atom is -0.394 e. The Bertz CT molecular complexity index is 301. The number of hydrogen-bond acceptors (Lipinski definition) is 2. The lowest BCUT2D eigenvalue weighted by Gasteiger charge is -2.16. The number of benzene rings is 1. The summed E-state index contributed by atoms with van der Waals surface area (Å²) in [7, 11) is 0. The van der Waals surface area contributed by atoms with Gasteiger partial charge in [0.25, 0.3) is 0 Å². The van der Waals surface area contributed by atoms with Gasteiger partial charge in [-0.1, -0.05) is 35.0 Å². The molecule has 0 saturated heterocycles. The molecule has 0 spiro atoms. The molecule has 3 heteroatoms. The topological polar surface area (TPSA) is 32.3 Å². The first-order valence-corrected chi connectivity index (χ1v) is 5.58. The van der Waals surface area contributed by atoms with Gasteiger partial charge in [0, 0.05) is 4.47 Å². The third-order valence-corrected chi connectivity index (χ3v) is 3.09. The highest BCUT2D eigenvalue weighted by Crippen LogP contribution is 2.21. The Hall–Kier alpha value is -0.380. The van der Waals surface area contributed by atoms with Crippen molar-refractivity contribution in [2.75, 3.05) is 13.2 Å². The van der Waals surface area contributed by atoms with E-state index in [1.54, 1.807) is 0 Å². The zero-order valence-corrected chi connectivity index (χ0v) is 10.1. The average molecular weight is 258 g/mol. The van der Waals surface area contributed by atoms with Gasteiger partial charge in [-0.3, -0.25) is 0 Å². The highest BCUT2D eigenvalue weighted by molar-refractivity contribution is 9.10. The number of hydrogen-bond donors (Lipinski definition) is 2. The van der Waals surface area contributed by atoms with Gasteiger partial charge in [-0.15, -0.1) is 0 Å². The third-order valence-electron chi connectivity index (χ3n) is 2.23. The average Bonchev–Trinajstić information content (AvgIpc) is 2.19. The van der Waals surface area contributed by atoms with E-state index >= 15 is 0 Å². The largest absolute Gasteiger partial charge is 0.394 e. The monoisotopic (exact) mass is 257 g/mol. The Labute approximate surface area is 93.5 Å². The Kier molecular flexibility index (Phi) is 4.58. The third kappa shape index (κ3) is 2.80. The van der Waals surface area contributed by atoms with Crippen molar-refractivity contribution in [3.8, 4) is 0 Å². The van der Waals surface area contributed by atoms with Crippen molar-refractivity contribution in [1.82, 2.24) is 5.32 Å². The van der Waals surface area contributed by atoms with E-state index in [0.717, 1.165) is 16.6 Å².